The first-order valence-electron chi connectivity index (χ1n) is 8.76. The summed E-state index contributed by atoms with van der Waals surface area (Å²) in [6.45, 7) is 3.01. The van der Waals surface area contributed by atoms with Gasteiger partial charge in [-0.3, -0.25) is 9.36 Å². The number of fused-ring (bicyclic) bond motifs is 1. The minimum atomic E-state index is -0.187. The predicted octanol–water partition coefficient (Wildman–Crippen LogP) is 3.06. The molecule has 2 aromatic heterocycles. The lowest BCUT2D eigenvalue weighted by molar-refractivity contribution is 0.663. The van der Waals surface area contributed by atoms with Gasteiger partial charge in [0, 0.05) is 6.54 Å². The standard InChI is InChI=1S/C21H19N5O/c1-16-9-11-18(12-10-16)14-26-20-19(23-24-26)21(27)25(15-22-20)13-5-8-17-6-3-2-4-7-17/h2-12,15H,13-14H2,1H3. The minimum absolute atomic E-state index is 0.187. The van der Waals surface area contributed by atoms with E-state index in [0.717, 1.165) is 11.1 Å². The normalized spacial score (nSPS) is 11.4. The van der Waals surface area contributed by atoms with E-state index in [1.807, 2.05) is 73.7 Å². The summed E-state index contributed by atoms with van der Waals surface area (Å²) in [7, 11) is 0. The van der Waals surface area contributed by atoms with Crippen LogP contribution in [-0.4, -0.2) is 24.5 Å². The van der Waals surface area contributed by atoms with Gasteiger partial charge in [0.05, 0.1) is 6.54 Å². The molecular formula is C21H19N5O. The molecule has 0 saturated heterocycles. The van der Waals surface area contributed by atoms with Gasteiger partial charge in [0.2, 0.25) is 0 Å². The lowest BCUT2D eigenvalue weighted by atomic mass is 10.1. The molecule has 0 aliphatic carbocycles. The number of allylic oxidation sites excluding steroid dienone is 1. The van der Waals surface area contributed by atoms with E-state index in [4.69, 9.17) is 0 Å². The Kier molecular flexibility index (Phi) is 4.61. The van der Waals surface area contributed by atoms with Crippen molar-refractivity contribution in [2.24, 2.45) is 0 Å². The zero-order chi connectivity index (χ0) is 18.6. The minimum Gasteiger partial charge on any atom is -0.293 e. The molecule has 4 aromatic rings. The van der Waals surface area contributed by atoms with Crippen LogP contribution in [0.3, 0.4) is 0 Å². The lowest BCUT2D eigenvalue weighted by Crippen LogP contribution is -2.20. The van der Waals surface area contributed by atoms with Gasteiger partial charge in [-0.05, 0) is 18.1 Å². The highest BCUT2D eigenvalue weighted by molar-refractivity contribution is 5.67. The smallest absolute Gasteiger partial charge is 0.283 e. The number of aryl methyl sites for hydroxylation is 1. The topological polar surface area (TPSA) is 65.6 Å². The van der Waals surface area contributed by atoms with E-state index in [0.29, 0.717) is 18.7 Å². The highest BCUT2D eigenvalue weighted by Crippen LogP contribution is 2.09. The van der Waals surface area contributed by atoms with Crippen LogP contribution in [0, 0.1) is 6.92 Å². The zero-order valence-electron chi connectivity index (χ0n) is 15.0. The maximum atomic E-state index is 12.7. The van der Waals surface area contributed by atoms with E-state index in [1.54, 1.807) is 11.0 Å². The third-order valence-electron chi connectivity index (χ3n) is 4.36. The van der Waals surface area contributed by atoms with Gasteiger partial charge in [0.25, 0.3) is 5.56 Å². The Labute approximate surface area is 156 Å². The first-order chi connectivity index (χ1) is 13.2. The molecule has 0 bridgehead atoms. The van der Waals surface area contributed by atoms with E-state index in [1.165, 1.54) is 10.1 Å². The third-order valence-corrected chi connectivity index (χ3v) is 4.36. The van der Waals surface area contributed by atoms with Crippen molar-refractivity contribution < 1.29 is 0 Å². The fraction of sp³-hybridized carbons (Fsp3) is 0.143. The zero-order valence-corrected chi connectivity index (χ0v) is 15.0. The van der Waals surface area contributed by atoms with Crippen molar-refractivity contribution in [1.82, 2.24) is 24.5 Å². The van der Waals surface area contributed by atoms with E-state index in [2.05, 4.69) is 15.3 Å². The molecule has 0 atom stereocenters. The first kappa shape index (κ1) is 16.9. The highest BCUT2D eigenvalue weighted by atomic mass is 16.1. The van der Waals surface area contributed by atoms with E-state index in [9.17, 15) is 4.79 Å². The predicted molar refractivity (Wildman–Crippen MR) is 105 cm³/mol. The monoisotopic (exact) mass is 357 g/mol. The Balaban J connectivity index is 1.57. The van der Waals surface area contributed by atoms with Crippen molar-refractivity contribution in [1.29, 1.82) is 0 Å². The van der Waals surface area contributed by atoms with Gasteiger partial charge in [-0.2, -0.15) is 0 Å². The van der Waals surface area contributed by atoms with Crippen LogP contribution in [0.1, 0.15) is 16.7 Å². The number of aromatic nitrogens is 5. The Bertz CT molecular complexity index is 1140. The van der Waals surface area contributed by atoms with Gasteiger partial charge in [-0.25, -0.2) is 9.67 Å². The number of nitrogens with zero attached hydrogens (tertiary/aromatic N) is 5. The molecule has 0 unspecified atom stereocenters. The summed E-state index contributed by atoms with van der Waals surface area (Å²) in [5.41, 5.74) is 3.98. The van der Waals surface area contributed by atoms with Crippen LogP contribution in [-0.2, 0) is 13.1 Å². The SMILES string of the molecule is Cc1ccc(Cn2nnc3c(=O)n(CC=Cc4ccccc4)cnc32)cc1. The van der Waals surface area contributed by atoms with Gasteiger partial charge in [0.15, 0.2) is 11.2 Å². The Hall–Kier alpha value is -3.54. The second kappa shape index (κ2) is 7.37. The quantitative estimate of drug-likeness (QED) is 0.551. The second-order valence-electron chi connectivity index (χ2n) is 6.42. The molecular weight excluding hydrogens is 338 g/mol. The third kappa shape index (κ3) is 3.69. The second-order valence-corrected chi connectivity index (χ2v) is 6.42. The van der Waals surface area contributed by atoms with E-state index in [-0.39, 0.29) is 11.1 Å². The molecule has 6 heteroatoms. The number of benzene rings is 2. The van der Waals surface area contributed by atoms with Crippen molar-refractivity contribution in [3.8, 4) is 0 Å². The first-order valence-corrected chi connectivity index (χ1v) is 8.76. The fourth-order valence-electron chi connectivity index (χ4n) is 2.86. The molecule has 0 fully saturated rings. The lowest BCUT2D eigenvalue weighted by Gasteiger charge is -2.04. The fourth-order valence-corrected chi connectivity index (χ4v) is 2.86. The van der Waals surface area contributed by atoms with Crippen LogP contribution < -0.4 is 5.56 Å². The molecule has 0 aliphatic heterocycles. The van der Waals surface area contributed by atoms with E-state index >= 15 is 0 Å². The van der Waals surface area contributed by atoms with E-state index < -0.39 is 0 Å². The summed E-state index contributed by atoms with van der Waals surface area (Å²) < 4.78 is 3.19. The average molecular weight is 357 g/mol. The molecule has 0 radical (unpaired) electrons. The molecule has 0 aliphatic rings. The maximum Gasteiger partial charge on any atom is 0.283 e. The van der Waals surface area contributed by atoms with Gasteiger partial charge < -0.3 is 0 Å². The molecule has 0 amide bonds. The van der Waals surface area contributed by atoms with Crippen LogP contribution in [0.15, 0.2) is 71.8 Å². The van der Waals surface area contributed by atoms with Crippen LogP contribution in [0.25, 0.3) is 17.2 Å². The number of hydrogen-bond acceptors (Lipinski definition) is 4. The summed E-state index contributed by atoms with van der Waals surface area (Å²) in [6, 6.07) is 18.1. The summed E-state index contributed by atoms with van der Waals surface area (Å²) in [6.07, 6.45) is 5.46. The van der Waals surface area contributed by atoms with Gasteiger partial charge in [-0.1, -0.05) is 77.5 Å². The molecule has 0 saturated carbocycles. The molecule has 2 heterocycles. The van der Waals surface area contributed by atoms with Crippen LogP contribution in [0.2, 0.25) is 0 Å². The highest BCUT2D eigenvalue weighted by Gasteiger charge is 2.11. The number of hydrogen-bond donors (Lipinski definition) is 0. The van der Waals surface area contributed by atoms with Crippen LogP contribution in [0.5, 0.6) is 0 Å². The van der Waals surface area contributed by atoms with Gasteiger partial charge >= 0.3 is 0 Å². The summed E-state index contributed by atoms with van der Waals surface area (Å²) in [4.78, 5) is 17.1. The van der Waals surface area contributed by atoms with Crippen molar-refractivity contribution in [2.75, 3.05) is 0 Å². The maximum absolute atomic E-state index is 12.7. The largest absolute Gasteiger partial charge is 0.293 e. The Morgan fingerprint density at radius 3 is 2.59 bits per heavy atom. The summed E-state index contributed by atoms with van der Waals surface area (Å²) in [5.74, 6) is 0. The molecule has 0 spiro atoms. The molecule has 4 rings (SSSR count). The van der Waals surface area contributed by atoms with Crippen LogP contribution in [0.4, 0.5) is 0 Å². The van der Waals surface area contributed by atoms with Gasteiger partial charge in [-0.15, -0.1) is 5.10 Å². The van der Waals surface area contributed by atoms with Gasteiger partial charge in [0.1, 0.15) is 6.33 Å². The number of rotatable bonds is 5. The van der Waals surface area contributed by atoms with Crippen molar-refractivity contribution >= 4 is 17.2 Å². The molecule has 134 valence electrons. The Morgan fingerprint density at radius 2 is 1.81 bits per heavy atom. The summed E-state index contributed by atoms with van der Waals surface area (Å²) >= 11 is 0. The molecule has 2 aromatic carbocycles. The van der Waals surface area contributed by atoms with Crippen molar-refractivity contribution in [2.45, 2.75) is 20.0 Å². The average Bonchev–Trinajstić information content (AvgIpc) is 3.10. The van der Waals surface area contributed by atoms with Crippen molar-refractivity contribution in [3.05, 3.63) is 94.0 Å². The van der Waals surface area contributed by atoms with Crippen molar-refractivity contribution in [3.63, 3.8) is 0 Å². The van der Waals surface area contributed by atoms with Crippen LogP contribution >= 0.6 is 0 Å². The molecule has 27 heavy (non-hydrogen) atoms. The molecule has 6 nitrogen and oxygen atoms in total. The Morgan fingerprint density at radius 1 is 1.04 bits per heavy atom. The summed E-state index contributed by atoms with van der Waals surface area (Å²) in [5, 5.41) is 8.17. The molecule has 0 N–H and O–H groups in total.